The van der Waals surface area contributed by atoms with Crippen molar-refractivity contribution < 1.29 is 10.3 Å². The van der Waals surface area contributed by atoms with Crippen molar-refractivity contribution in [1.29, 1.82) is 0 Å². The van der Waals surface area contributed by atoms with Gasteiger partial charge in [-0.15, -0.1) is 0 Å². The lowest BCUT2D eigenvalue weighted by Crippen LogP contribution is -2.50. The molecule has 3 nitrogen and oxygen atoms in total. The second kappa shape index (κ2) is 2.19. The molecular weight excluding hydrogens is 142 g/mol. The van der Waals surface area contributed by atoms with Gasteiger partial charge in [0.25, 0.3) is 0 Å². The molecule has 2 rings (SSSR count). The topological polar surface area (TPSA) is 43.7 Å². The highest BCUT2D eigenvalue weighted by Crippen LogP contribution is 2.42. The van der Waals surface area contributed by atoms with Crippen LogP contribution in [0, 0.1) is 0 Å². The maximum Gasteiger partial charge on any atom is 0.0574 e. The van der Waals surface area contributed by atoms with E-state index >= 15 is 0 Å². The SMILES string of the molecule is CC12CCC(CC(O)C1)N2O. The summed E-state index contributed by atoms with van der Waals surface area (Å²) in [4.78, 5) is 0. The van der Waals surface area contributed by atoms with E-state index in [1.54, 1.807) is 0 Å². The predicted molar refractivity (Wildman–Crippen MR) is 40.3 cm³/mol. The fraction of sp³-hybridized carbons (Fsp3) is 1.00. The molecule has 2 heterocycles. The zero-order valence-corrected chi connectivity index (χ0v) is 6.82. The molecule has 0 aliphatic carbocycles. The van der Waals surface area contributed by atoms with E-state index in [9.17, 15) is 10.3 Å². The molecule has 3 unspecified atom stereocenters. The fourth-order valence-corrected chi connectivity index (χ4v) is 2.47. The molecule has 0 aromatic carbocycles. The lowest BCUT2D eigenvalue weighted by molar-refractivity contribution is -0.203. The summed E-state index contributed by atoms with van der Waals surface area (Å²) in [6.45, 7) is 2.02. The summed E-state index contributed by atoms with van der Waals surface area (Å²) in [5.41, 5.74) is -0.137. The van der Waals surface area contributed by atoms with Crippen LogP contribution in [0.15, 0.2) is 0 Å². The smallest absolute Gasteiger partial charge is 0.0574 e. The van der Waals surface area contributed by atoms with Crippen molar-refractivity contribution >= 4 is 0 Å². The molecule has 2 aliphatic heterocycles. The van der Waals surface area contributed by atoms with E-state index in [1.807, 2.05) is 6.92 Å². The number of hydrogen-bond donors (Lipinski definition) is 2. The standard InChI is InChI=1S/C8H15NO2/c1-8-3-2-6(9(8)11)4-7(10)5-8/h6-7,10-11H,2-5H2,1H3. The minimum Gasteiger partial charge on any atom is -0.393 e. The Labute approximate surface area is 66.6 Å². The van der Waals surface area contributed by atoms with E-state index in [0.717, 1.165) is 25.7 Å². The van der Waals surface area contributed by atoms with Crippen molar-refractivity contribution in [3.05, 3.63) is 0 Å². The quantitative estimate of drug-likeness (QED) is 0.545. The number of rotatable bonds is 0. The van der Waals surface area contributed by atoms with Crippen molar-refractivity contribution in [2.24, 2.45) is 0 Å². The summed E-state index contributed by atoms with van der Waals surface area (Å²) >= 11 is 0. The van der Waals surface area contributed by atoms with E-state index in [-0.39, 0.29) is 17.7 Å². The van der Waals surface area contributed by atoms with Gasteiger partial charge >= 0.3 is 0 Å². The van der Waals surface area contributed by atoms with Gasteiger partial charge in [0.15, 0.2) is 0 Å². The monoisotopic (exact) mass is 157 g/mol. The molecule has 2 fully saturated rings. The summed E-state index contributed by atoms with van der Waals surface area (Å²) in [5.74, 6) is 0. The third kappa shape index (κ3) is 0.991. The highest BCUT2D eigenvalue weighted by Gasteiger charge is 2.48. The van der Waals surface area contributed by atoms with Crippen LogP contribution in [0.1, 0.15) is 32.6 Å². The maximum absolute atomic E-state index is 9.61. The number of aliphatic hydroxyl groups excluding tert-OH is 1. The number of hydrogen-bond acceptors (Lipinski definition) is 3. The third-order valence-corrected chi connectivity index (χ3v) is 3.13. The van der Waals surface area contributed by atoms with Gasteiger partial charge in [0.2, 0.25) is 0 Å². The van der Waals surface area contributed by atoms with Gasteiger partial charge in [-0.1, -0.05) is 0 Å². The number of fused-ring (bicyclic) bond motifs is 2. The summed E-state index contributed by atoms with van der Waals surface area (Å²) in [5, 5.41) is 20.5. The number of piperidine rings is 1. The largest absolute Gasteiger partial charge is 0.393 e. The summed E-state index contributed by atoms with van der Waals surface area (Å²) < 4.78 is 0. The van der Waals surface area contributed by atoms with Crippen molar-refractivity contribution in [3.8, 4) is 0 Å². The van der Waals surface area contributed by atoms with Crippen LogP contribution in [0.3, 0.4) is 0 Å². The Morgan fingerprint density at radius 1 is 1.55 bits per heavy atom. The Morgan fingerprint density at radius 2 is 2.27 bits per heavy atom. The van der Waals surface area contributed by atoms with Crippen molar-refractivity contribution in [2.45, 2.75) is 50.3 Å². The molecule has 2 N–H and O–H groups in total. The molecular formula is C8H15NO2. The minimum atomic E-state index is -0.198. The zero-order valence-electron chi connectivity index (χ0n) is 6.82. The van der Waals surface area contributed by atoms with Crippen molar-refractivity contribution in [2.75, 3.05) is 0 Å². The Hall–Kier alpha value is -0.120. The maximum atomic E-state index is 9.61. The van der Waals surface area contributed by atoms with Crippen LogP contribution < -0.4 is 0 Å². The van der Waals surface area contributed by atoms with Gasteiger partial charge in [0, 0.05) is 11.6 Å². The molecule has 2 aliphatic rings. The van der Waals surface area contributed by atoms with Gasteiger partial charge in [0.1, 0.15) is 0 Å². The first kappa shape index (κ1) is 7.53. The Morgan fingerprint density at radius 3 is 2.91 bits per heavy atom. The molecule has 0 spiro atoms. The number of nitrogens with zero attached hydrogens (tertiary/aromatic N) is 1. The Balaban J connectivity index is 2.20. The Bertz CT molecular complexity index is 173. The van der Waals surface area contributed by atoms with Crippen molar-refractivity contribution in [3.63, 3.8) is 0 Å². The lowest BCUT2D eigenvalue weighted by Gasteiger charge is -2.39. The van der Waals surface area contributed by atoms with Gasteiger partial charge in [-0.2, -0.15) is 5.06 Å². The van der Waals surface area contributed by atoms with Gasteiger partial charge in [-0.25, -0.2) is 0 Å². The molecule has 64 valence electrons. The van der Waals surface area contributed by atoms with E-state index in [4.69, 9.17) is 0 Å². The van der Waals surface area contributed by atoms with Gasteiger partial charge in [-0.05, 0) is 32.6 Å². The second-order valence-electron chi connectivity index (χ2n) is 4.13. The fourth-order valence-electron chi connectivity index (χ4n) is 2.47. The van der Waals surface area contributed by atoms with Gasteiger partial charge < -0.3 is 10.3 Å². The molecule has 0 aromatic heterocycles. The van der Waals surface area contributed by atoms with Crippen LogP contribution in [0.5, 0.6) is 0 Å². The van der Waals surface area contributed by atoms with Gasteiger partial charge in [-0.3, -0.25) is 0 Å². The molecule has 2 bridgehead atoms. The number of aliphatic hydroxyl groups is 1. The summed E-state index contributed by atoms with van der Waals surface area (Å²) in [6.07, 6.45) is 3.32. The normalized spacial score (nSPS) is 51.5. The van der Waals surface area contributed by atoms with Crippen molar-refractivity contribution in [1.82, 2.24) is 5.06 Å². The van der Waals surface area contributed by atoms with Crippen LogP contribution in [-0.4, -0.2) is 33.1 Å². The van der Waals surface area contributed by atoms with Crippen LogP contribution in [0.4, 0.5) is 0 Å². The van der Waals surface area contributed by atoms with Crippen LogP contribution in [0.2, 0.25) is 0 Å². The Kier molecular flexibility index (Phi) is 1.50. The zero-order chi connectivity index (χ0) is 8.06. The summed E-state index contributed by atoms with van der Waals surface area (Å²) in [6, 6.07) is 0.212. The molecule has 3 heteroatoms. The van der Waals surface area contributed by atoms with E-state index < -0.39 is 0 Å². The molecule has 11 heavy (non-hydrogen) atoms. The molecule has 0 saturated carbocycles. The molecule has 0 amide bonds. The van der Waals surface area contributed by atoms with E-state index in [2.05, 4.69) is 0 Å². The van der Waals surface area contributed by atoms with Gasteiger partial charge in [0.05, 0.1) is 6.10 Å². The second-order valence-corrected chi connectivity index (χ2v) is 4.13. The number of hydroxylamine groups is 2. The molecule has 2 saturated heterocycles. The van der Waals surface area contributed by atoms with E-state index in [0.29, 0.717) is 0 Å². The van der Waals surface area contributed by atoms with E-state index in [1.165, 1.54) is 5.06 Å². The third-order valence-electron chi connectivity index (χ3n) is 3.13. The first-order valence-electron chi connectivity index (χ1n) is 4.28. The predicted octanol–water partition coefficient (Wildman–Crippen LogP) is 0.753. The highest BCUT2D eigenvalue weighted by molar-refractivity contribution is 5.00. The van der Waals surface area contributed by atoms with Crippen LogP contribution in [0.25, 0.3) is 0 Å². The highest BCUT2D eigenvalue weighted by atomic mass is 16.5. The molecule has 3 atom stereocenters. The first-order valence-corrected chi connectivity index (χ1v) is 4.28. The lowest BCUT2D eigenvalue weighted by atomic mass is 9.90. The first-order chi connectivity index (χ1) is 5.12. The average Bonchev–Trinajstić information content (AvgIpc) is 2.17. The minimum absolute atomic E-state index is 0.137. The average molecular weight is 157 g/mol. The molecule has 0 aromatic rings. The molecule has 0 radical (unpaired) electrons. The van der Waals surface area contributed by atoms with Crippen LogP contribution in [-0.2, 0) is 0 Å². The van der Waals surface area contributed by atoms with Crippen LogP contribution >= 0.6 is 0 Å². The summed E-state index contributed by atoms with van der Waals surface area (Å²) in [7, 11) is 0.